The number of rotatable bonds is 5. The summed E-state index contributed by atoms with van der Waals surface area (Å²) in [6.07, 6.45) is 0.206. The van der Waals surface area contributed by atoms with E-state index in [4.69, 9.17) is 0 Å². The molecule has 0 fully saturated rings. The van der Waals surface area contributed by atoms with Crippen LogP contribution in [0.3, 0.4) is 0 Å². The van der Waals surface area contributed by atoms with Crippen LogP contribution >= 0.6 is 15.9 Å². The molecule has 4 heteroatoms. The molecule has 1 rings (SSSR count). The molecule has 1 aromatic rings. The van der Waals surface area contributed by atoms with Crippen LogP contribution in [0, 0.1) is 5.92 Å². The van der Waals surface area contributed by atoms with Crippen molar-refractivity contribution >= 4 is 21.8 Å². The number of halogens is 1. The molecule has 1 unspecified atom stereocenters. The molecule has 0 radical (unpaired) electrons. The van der Waals surface area contributed by atoms with Crippen molar-refractivity contribution in [1.82, 2.24) is 5.32 Å². The first kappa shape index (κ1) is 14.2. The number of carbonyl (C=O) groups excluding carboxylic acids is 1. The highest BCUT2D eigenvalue weighted by molar-refractivity contribution is 9.10. The van der Waals surface area contributed by atoms with Gasteiger partial charge in [0.15, 0.2) is 0 Å². The third kappa shape index (κ3) is 4.88. The summed E-state index contributed by atoms with van der Waals surface area (Å²) >= 11 is 3.32. The number of benzene rings is 1. The van der Waals surface area contributed by atoms with E-state index in [1.54, 1.807) is 6.07 Å². The average Bonchev–Trinajstić information content (AvgIpc) is 2.25. The zero-order valence-corrected chi connectivity index (χ0v) is 11.7. The van der Waals surface area contributed by atoms with Crippen molar-refractivity contribution in [2.45, 2.75) is 26.4 Å². The van der Waals surface area contributed by atoms with E-state index in [9.17, 15) is 9.90 Å². The van der Waals surface area contributed by atoms with Crippen LogP contribution < -0.4 is 5.32 Å². The SMILES string of the molecule is CC(C)CC(O)CNC(=O)c1ccccc1Br. The molecule has 94 valence electrons. The van der Waals surface area contributed by atoms with Gasteiger partial charge in [0.25, 0.3) is 5.91 Å². The van der Waals surface area contributed by atoms with Gasteiger partial charge in [-0.2, -0.15) is 0 Å². The van der Waals surface area contributed by atoms with Gasteiger partial charge in [0, 0.05) is 11.0 Å². The smallest absolute Gasteiger partial charge is 0.252 e. The Kier molecular flexibility index (Phi) is 5.65. The summed E-state index contributed by atoms with van der Waals surface area (Å²) in [5.41, 5.74) is 0.587. The molecule has 0 heterocycles. The number of aliphatic hydroxyl groups is 1. The fourth-order valence-electron chi connectivity index (χ4n) is 1.58. The number of hydrogen-bond acceptors (Lipinski definition) is 2. The van der Waals surface area contributed by atoms with Gasteiger partial charge in [0.2, 0.25) is 0 Å². The van der Waals surface area contributed by atoms with E-state index < -0.39 is 6.10 Å². The molecule has 1 aromatic carbocycles. The van der Waals surface area contributed by atoms with E-state index in [0.29, 0.717) is 24.4 Å². The van der Waals surface area contributed by atoms with Gasteiger partial charge in [-0.05, 0) is 40.4 Å². The second-order valence-corrected chi connectivity index (χ2v) is 5.33. The number of nitrogens with one attached hydrogen (secondary N) is 1. The predicted molar refractivity (Wildman–Crippen MR) is 71.9 cm³/mol. The Morgan fingerprint density at radius 2 is 2.06 bits per heavy atom. The van der Waals surface area contributed by atoms with Crippen molar-refractivity contribution in [1.29, 1.82) is 0 Å². The van der Waals surface area contributed by atoms with E-state index in [1.807, 2.05) is 32.0 Å². The Labute approximate surface area is 110 Å². The molecular weight excluding hydrogens is 282 g/mol. The molecule has 17 heavy (non-hydrogen) atoms. The van der Waals surface area contributed by atoms with Crippen molar-refractivity contribution in [3.05, 3.63) is 34.3 Å². The fourth-order valence-corrected chi connectivity index (χ4v) is 2.04. The Bertz CT molecular complexity index is 379. The van der Waals surface area contributed by atoms with Gasteiger partial charge in [-0.3, -0.25) is 4.79 Å². The standard InChI is InChI=1S/C13H18BrNO2/c1-9(2)7-10(16)8-15-13(17)11-5-3-4-6-12(11)14/h3-6,9-10,16H,7-8H2,1-2H3,(H,15,17). The van der Waals surface area contributed by atoms with Gasteiger partial charge in [-0.25, -0.2) is 0 Å². The Morgan fingerprint density at radius 3 is 2.65 bits per heavy atom. The molecule has 0 spiro atoms. The first-order valence-electron chi connectivity index (χ1n) is 5.71. The maximum absolute atomic E-state index is 11.8. The van der Waals surface area contributed by atoms with Crippen LogP contribution in [0.25, 0.3) is 0 Å². The van der Waals surface area contributed by atoms with E-state index in [0.717, 1.165) is 4.47 Å². The minimum absolute atomic E-state index is 0.166. The molecule has 1 atom stereocenters. The number of amides is 1. The molecule has 0 aliphatic rings. The molecule has 0 bridgehead atoms. The summed E-state index contributed by atoms with van der Waals surface area (Å²) in [6, 6.07) is 7.23. The highest BCUT2D eigenvalue weighted by Crippen LogP contribution is 2.15. The fraction of sp³-hybridized carbons (Fsp3) is 0.462. The highest BCUT2D eigenvalue weighted by atomic mass is 79.9. The monoisotopic (exact) mass is 299 g/mol. The molecule has 3 nitrogen and oxygen atoms in total. The zero-order chi connectivity index (χ0) is 12.8. The summed E-state index contributed by atoms with van der Waals surface area (Å²) in [4.78, 5) is 11.8. The second kappa shape index (κ2) is 6.77. The first-order chi connectivity index (χ1) is 8.00. The zero-order valence-electron chi connectivity index (χ0n) is 10.1. The van der Waals surface area contributed by atoms with E-state index in [1.165, 1.54) is 0 Å². The van der Waals surface area contributed by atoms with Gasteiger partial charge >= 0.3 is 0 Å². The van der Waals surface area contributed by atoms with Crippen molar-refractivity contribution in [2.75, 3.05) is 6.54 Å². The topological polar surface area (TPSA) is 49.3 Å². The molecule has 0 saturated carbocycles. The lowest BCUT2D eigenvalue weighted by Crippen LogP contribution is -2.32. The van der Waals surface area contributed by atoms with Crippen molar-refractivity contribution < 1.29 is 9.90 Å². The van der Waals surface area contributed by atoms with Crippen LogP contribution in [0.1, 0.15) is 30.6 Å². The lowest BCUT2D eigenvalue weighted by molar-refractivity contribution is 0.0899. The quantitative estimate of drug-likeness (QED) is 0.878. The molecule has 1 amide bonds. The van der Waals surface area contributed by atoms with Crippen LogP contribution in [0.2, 0.25) is 0 Å². The van der Waals surface area contributed by atoms with Gasteiger partial charge < -0.3 is 10.4 Å². The summed E-state index contributed by atoms with van der Waals surface area (Å²) in [7, 11) is 0. The van der Waals surface area contributed by atoms with Gasteiger partial charge in [-0.1, -0.05) is 26.0 Å². The largest absolute Gasteiger partial charge is 0.391 e. The van der Waals surface area contributed by atoms with E-state index >= 15 is 0 Å². The van der Waals surface area contributed by atoms with Crippen LogP contribution in [0.15, 0.2) is 28.7 Å². The normalized spacial score (nSPS) is 12.5. The lowest BCUT2D eigenvalue weighted by Gasteiger charge is -2.14. The summed E-state index contributed by atoms with van der Waals surface area (Å²) in [5, 5.41) is 12.4. The number of aliphatic hydroxyl groups excluding tert-OH is 1. The van der Waals surface area contributed by atoms with Crippen LogP contribution in [-0.4, -0.2) is 23.7 Å². The van der Waals surface area contributed by atoms with Crippen LogP contribution in [0.5, 0.6) is 0 Å². The Balaban J connectivity index is 2.48. The number of carbonyl (C=O) groups is 1. The summed E-state index contributed by atoms with van der Waals surface area (Å²) in [6.45, 7) is 4.37. The Hall–Kier alpha value is -0.870. The van der Waals surface area contributed by atoms with E-state index in [-0.39, 0.29) is 5.91 Å². The predicted octanol–water partition coefficient (Wildman–Crippen LogP) is 2.59. The average molecular weight is 300 g/mol. The maximum Gasteiger partial charge on any atom is 0.252 e. The third-order valence-corrected chi connectivity index (χ3v) is 3.05. The van der Waals surface area contributed by atoms with Crippen molar-refractivity contribution in [3.8, 4) is 0 Å². The highest BCUT2D eigenvalue weighted by Gasteiger charge is 2.12. The maximum atomic E-state index is 11.8. The molecule has 0 aromatic heterocycles. The summed E-state index contributed by atoms with van der Waals surface area (Å²) < 4.78 is 0.760. The molecule has 0 aliphatic heterocycles. The number of hydrogen-bond donors (Lipinski definition) is 2. The van der Waals surface area contributed by atoms with Gasteiger partial charge in [-0.15, -0.1) is 0 Å². The minimum atomic E-state index is -0.485. The van der Waals surface area contributed by atoms with E-state index in [2.05, 4.69) is 21.2 Å². The minimum Gasteiger partial charge on any atom is -0.391 e. The lowest BCUT2D eigenvalue weighted by atomic mass is 10.1. The molecule has 0 aliphatic carbocycles. The molecule has 2 N–H and O–H groups in total. The first-order valence-corrected chi connectivity index (χ1v) is 6.50. The summed E-state index contributed by atoms with van der Waals surface area (Å²) in [5.74, 6) is 0.255. The van der Waals surface area contributed by atoms with Gasteiger partial charge in [0.1, 0.15) is 0 Å². The van der Waals surface area contributed by atoms with Crippen molar-refractivity contribution in [2.24, 2.45) is 5.92 Å². The molecular formula is C13H18BrNO2. The second-order valence-electron chi connectivity index (χ2n) is 4.47. The Morgan fingerprint density at radius 1 is 1.41 bits per heavy atom. The third-order valence-electron chi connectivity index (χ3n) is 2.36. The molecule has 0 saturated heterocycles. The van der Waals surface area contributed by atoms with Crippen LogP contribution in [-0.2, 0) is 0 Å². The van der Waals surface area contributed by atoms with Crippen molar-refractivity contribution in [3.63, 3.8) is 0 Å². The van der Waals surface area contributed by atoms with Crippen LogP contribution in [0.4, 0.5) is 0 Å². The van der Waals surface area contributed by atoms with Gasteiger partial charge in [0.05, 0.1) is 11.7 Å².